The molecule has 0 unspecified atom stereocenters. The number of benzene rings is 1. The molecule has 0 saturated carbocycles. The van der Waals surface area contributed by atoms with Crippen LogP contribution in [0.5, 0.6) is 5.75 Å². The molecule has 0 fully saturated rings. The van der Waals surface area contributed by atoms with Crippen molar-refractivity contribution in [3.05, 3.63) is 44.9 Å². The van der Waals surface area contributed by atoms with Crippen molar-refractivity contribution in [3.8, 4) is 5.75 Å². The van der Waals surface area contributed by atoms with E-state index >= 15 is 0 Å². The van der Waals surface area contributed by atoms with Crippen LogP contribution < -0.4 is 5.73 Å². The van der Waals surface area contributed by atoms with Crippen LogP contribution in [-0.4, -0.2) is 10.0 Å². The maximum absolute atomic E-state index is 10.6. The van der Waals surface area contributed by atoms with Gasteiger partial charge in [-0.2, -0.15) is 0 Å². The number of nitrogens with two attached hydrogens (primary N) is 1. The molecule has 1 atom stereocenters. The minimum atomic E-state index is -0.667. The molecule has 1 rings (SSSR count). The van der Waals surface area contributed by atoms with E-state index in [0.717, 1.165) is 0 Å². The molecule has 0 aliphatic carbocycles. The van der Waals surface area contributed by atoms with Gasteiger partial charge in [-0.25, -0.2) is 0 Å². The quantitative estimate of drug-likeness (QED) is 0.502. The average molecular weight is 273 g/mol. The zero-order valence-electron chi connectivity index (χ0n) is 7.68. The number of nitrogens with zero attached hydrogens (tertiary/aromatic N) is 1. The number of hydrogen-bond donors (Lipinski definition) is 2. The molecule has 0 radical (unpaired) electrons. The molecular formula is C9H9BrN2O3. The van der Waals surface area contributed by atoms with Crippen LogP contribution in [0.2, 0.25) is 0 Å². The smallest absolute Gasteiger partial charge is 0.312 e. The van der Waals surface area contributed by atoms with Gasteiger partial charge in [0, 0.05) is 16.1 Å². The van der Waals surface area contributed by atoms with Gasteiger partial charge in [-0.15, -0.1) is 6.58 Å². The maximum Gasteiger partial charge on any atom is 0.312 e. The van der Waals surface area contributed by atoms with Crippen LogP contribution in [0.3, 0.4) is 0 Å². The first-order valence-electron chi connectivity index (χ1n) is 4.02. The molecule has 0 saturated heterocycles. The molecule has 1 aromatic rings. The molecule has 3 N–H and O–H groups in total. The number of phenols is 1. The van der Waals surface area contributed by atoms with Gasteiger partial charge in [-0.1, -0.05) is 22.0 Å². The average Bonchev–Trinajstić information content (AvgIpc) is 2.19. The third-order valence-corrected chi connectivity index (χ3v) is 2.35. The summed E-state index contributed by atoms with van der Waals surface area (Å²) >= 11 is 3.11. The number of phenolic OH excluding ortho intramolecular Hbond substituents is 1. The molecule has 0 aliphatic rings. The molecule has 0 aliphatic heterocycles. The van der Waals surface area contributed by atoms with Crippen LogP contribution in [-0.2, 0) is 0 Å². The Morgan fingerprint density at radius 1 is 1.67 bits per heavy atom. The van der Waals surface area contributed by atoms with E-state index in [-0.39, 0.29) is 11.3 Å². The first kappa shape index (κ1) is 11.7. The Hall–Kier alpha value is -1.40. The lowest BCUT2D eigenvalue weighted by Crippen LogP contribution is -2.07. The first-order chi connectivity index (χ1) is 6.97. The van der Waals surface area contributed by atoms with Gasteiger partial charge >= 0.3 is 5.69 Å². The second-order valence-electron chi connectivity index (χ2n) is 2.88. The highest BCUT2D eigenvalue weighted by molar-refractivity contribution is 9.10. The Morgan fingerprint density at radius 3 is 2.73 bits per heavy atom. The predicted octanol–water partition coefficient (Wildman–Crippen LogP) is 2.25. The molecule has 1 aromatic carbocycles. The Bertz CT molecular complexity index is 420. The van der Waals surface area contributed by atoms with Crippen LogP contribution >= 0.6 is 15.9 Å². The highest BCUT2D eigenvalue weighted by atomic mass is 79.9. The number of nitro benzene ring substituents is 1. The van der Waals surface area contributed by atoms with Crippen molar-refractivity contribution in [3.63, 3.8) is 0 Å². The van der Waals surface area contributed by atoms with E-state index in [9.17, 15) is 15.2 Å². The Kier molecular flexibility index (Phi) is 3.43. The summed E-state index contributed by atoms with van der Waals surface area (Å²) in [5, 5.41) is 20.2. The molecule has 0 spiro atoms. The summed E-state index contributed by atoms with van der Waals surface area (Å²) in [7, 11) is 0. The number of halogens is 1. The van der Waals surface area contributed by atoms with E-state index < -0.39 is 16.7 Å². The van der Waals surface area contributed by atoms with Crippen LogP contribution in [0.4, 0.5) is 5.69 Å². The summed E-state index contributed by atoms with van der Waals surface area (Å²) in [6.45, 7) is 3.46. The summed E-state index contributed by atoms with van der Waals surface area (Å²) in [5.74, 6) is -0.421. The summed E-state index contributed by atoms with van der Waals surface area (Å²) in [6, 6.07) is 2.10. The summed E-state index contributed by atoms with van der Waals surface area (Å²) in [6.07, 6.45) is 1.39. The number of hydrogen-bond acceptors (Lipinski definition) is 4. The highest BCUT2D eigenvalue weighted by Crippen LogP contribution is 2.36. The fourth-order valence-electron chi connectivity index (χ4n) is 1.13. The van der Waals surface area contributed by atoms with Crippen molar-refractivity contribution in [1.82, 2.24) is 0 Å². The second kappa shape index (κ2) is 4.41. The second-order valence-corrected chi connectivity index (χ2v) is 3.80. The van der Waals surface area contributed by atoms with Gasteiger partial charge in [0.05, 0.1) is 11.0 Å². The third kappa shape index (κ3) is 2.34. The molecule has 0 aromatic heterocycles. The molecule has 0 amide bonds. The Labute approximate surface area is 94.5 Å². The fourth-order valence-corrected chi connectivity index (χ4v) is 1.59. The maximum atomic E-state index is 10.6. The van der Waals surface area contributed by atoms with Gasteiger partial charge in [0.2, 0.25) is 0 Å². The van der Waals surface area contributed by atoms with Crippen LogP contribution in [0, 0.1) is 10.1 Å². The minimum absolute atomic E-state index is 0.270. The number of rotatable bonds is 3. The molecular weight excluding hydrogens is 264 g/mol. The van der Waals surface area contributed by atoms with E-state index in [1.807, 2.05) is 0 Å². The van der Waals surface area contributed by atoms with Crippen molar-refractivity contribution in [2.45, 2.75) is 6.04 Å². The van der Waals surface area contributed by atoms with E-state index in [0.29, 0.717) is 4.47 Å². The summed E-state index contributed by atoms with van der Waals surface area (Å²) < 4.78 is 0.485. The predicted molar refractivity (Wildman–Crippen MR) is 59.6 cm³/mol. The van der Waals surface area contributed by atoms with E-state index in [1.165, 1.54) is 18.2 Å². The standard InChI is InChI=1S/C9H9BrN2O3/c1-2-7(11)6-3-5(10)4-8(9(6)13)12(14)15/h2-4,7,13H,1,11H2/t7-/m1/s1. The summed E-state index contributed by atoms with van der Waals surface area (Å²) in [5.41, 5.74) is 5.50. The monoisotopic (exact) mass is 272 g/mol. The normalized spacial score (nSPS) is 12.1. The van der Waals surface area contributed by atoms with Crippen LogP contribution in [0.1, 0.15) is 11.6 Å². The van der Waals surface area contributed by atoms with Crippen LogP contribution in [0.15, 0.2) is 29.3 Å². The molecule has 6 heteroatoms. The van der Waals surface area contributed by atoms with Crippen molar-refractivity contribution in [1.29, 1.82) is 0 Å². The van der Waals surface area contributed by atoms with Gasteiger partial charge in [-0.05, 0) is 6.07 Å². The zero-order chi connectivity index (χ0) is 11.6. The van der Waals surface area contributed by atoms with Gasteiger partial charge in [0.1, 0.15) is 0 Å². The lowest BCUT2D eigenvalue weighted by Gasteiger charge is -2.09. The lowest BCUT2D eigenvalue weighted by molar-refractivity contribution is -0.386. The van der Waals surface area contributed by atoms with Crippen molar-refractivity contribution < 1.29 is 10.0 Å². The largest absolute Gasteiger partial charge is 0.502 e. The van der Waals surface area contributed by atoms with E-state index in [4.69, 9.17) is 5.73 Å². The highest BCUT2D eigenvalue weighted by Gasteiger charge is 2.20. The summed E-state index contributed by atoms with van der Waals surface area (Å²) in [4.78, 5) is 9.93. The van der Waals surface area contributed by atoms with E-state index in [1.54, 1.807) is 0 Å². The molecule has 5 nitrogen and oxygen atoms in total. The molecule has 15 heavy (non-hydrogen) atoms. The third-order valence-electron chi connectivity index (χ3n) is 1.89. The zero-order valence-corrected chi connectivity index (χ0v) is 9.27. The molecule has 80 valence electrons. The Morgan fingerprint density at radius 2 is 2.27 bits per heavy atom. The van der Waals surface area contributed by atoms with Crippen molar-refractivity contribution >= 4 is 21.6 Å². The van der Waals surface area contributed by atoms with Gasteiger partial charge < -0.3 is 10.8 Å². The van der Waals surface area contributed by atoms with Gasteiger partial charge in [-0.3, -0.25) is 10.1 Å². The Balaban J connectivity index is 3.40. The topological polar surface area (TPSA) is 89.4 Å². The SMILES string of the molecule is C=C[C@@H](N)c1cc(Br)cc([N+](=O)[O-])c1O. The molecule has 0 heterocycles. The van der Waals surface area contributed by atoms with Gasteiger partial charge in [0.25, 0.3) is 0 Å². The van der Waals surface area contributed by atoms with Crippen molar-refractivity contribution in [2.24, 2.45) is 5.73 Å². The minimum Gasteiger partial charge on any atom is -0.502 e. The van der Waals surface area contributed by atoms with E-state index in [2.05, 4.69) is 22.5 Å². The number of aromatic hydroxyl groups is 1. The first-order valence-corrected chi connectivity index (χ1v) is 4.81. The number of nitro groups is 1. The fraction of sp³-hybridized carbons (Fsp3) is 0.111. The molecule has 0 bridgehead atoms. The van der Waals surface area contributed by atoms with Crippen molar-refractivity contribution in [2.75, 3.05) is 0 Å². The lowest BCUT2D eigenvalue weighted by atomic mass is 10.1. The van der Waals surface area contributed by atoms with Gasteiger partial charge in [0.15, 0.2) is 5.75 Å². The van der Waals surface area contributed by atoms with Crippen LogP contribution in [0.25, 0.3) is 0 Å².